The SMILES string of the molecule is O=C(CCl)Nc1ccnn1Cc1ccccc1F. The van der Waals surface area contributed by atoms with E-state index in [1.165, 1.54) is 16.9 Å². The van der Waals surface area contributed by atoms with Crippen LogP contribution >= 0.6 is 11.6 Å². The predicted octanol–water partition coefficient (Wildman–Crippen LogP) is 2.25. The van der Waals surface area contributed by atoms with Crippen LogP contribution in [-0.2, 0) is 11.3 Å². The number of hydrogen-bond acceptors (Lipinski definition) is 2. The Kier molecular flexibility index (Phi) is 3.94. The quantitative estimate of drug-likeness (QED) is 0.864. The molecule has 0 radical (unpaired) electrons. The first-order valence-electron chi connectivity index (χ1n) is 5.31. The molecule has 4 nitrogen and oxygen atoms in total. The Morgan fingerprint density at radius 3 is 2.89 bits per heavy atom. The molecule has 2 rings (SSSR count). The Morgan fingerprint density at radius 1 is 1.39 bits per heavy atom. The van der Waals surface area contributed by atoms with Crippen molar-refractivity contribution in [2.45, 2.75) is 6.54 Å². The minimum Gasteiger partial charge on any atom is -0.310 e. The van der Waals surface area contributed by atoms with Crippen LogP contribution < -0.4 is 5.32 Å². The molecular weight excluding hydrogens is 257 g/mol. The summed E-state index contributed by atoms with van der Waals surface area (Å²) in [4.78, 5) is 11.2. The molecule has 0 saturated heterocycles. The van der Waals surface area contributed by atoms with Crippen molar-refractivity contribution in [2.24, 2.45) is 0 Å². The van der Waals surface area contributed by atoms with E-state index in [2.05, 4.69) is 10.4 Å². The van der Waals surface area contributed by atoms with Crippen molar-refractivity contribution in [1.82, 2.24) is 9.78 Å². The number of carbonyl (C=O) groups excluding carboxylic acids is 1. The van der Waals surface area contributed by atoms with E-state index < -0.39 is 0 Å². The van der Waals surface area contributed by atoms with E-state index in [0.717, 1.165) is 0 Å². The minimum atomic E-state index is -0.327. The van der Waals surface area contributed by atoms with Gasteiger partial charge < -0.3 is 5.32 Å². The summed E-state index contributed by atoms with van der Waals surface area (Å²) in [5.74, 6) is -0.274. The zero-order valence-electron chi connectivity index (χ0n) is 9.44. The summed E-state index contributed by atoms with van der Waals surface area (Å²) in [5, 5.41) is 6.62. The number of hydrogen-bond donors (Lipinski definition) is 1. The molecule has 0 bridgehead atoms. The molecule has 0 aliphatic heterocycles. The van der Waals surface area contributed by atoms with Gasteiger partial charge in [0.05, 0.1) is 12.7 Å². The van der Waals surface area contributed by atoms with Crippen LogP contribution in [0.2, 0.25) is 0 Å². The molecule has 1 N–H and O–H groups in total. The van der Waals surface area contributed by atoms with Gasteiger partial charge in [0, 0.05) is 11.6 Å². The Hall–Kier alpha value is -1.88. The molecule has 94 valence electrons. The number of aromatic nitrogens is 2. The summed E-state index contributed by atoms with van der Waals surface area (Å²) in [6.07, 6.45) is 1.53. The third-order valence-electron chi connectivity index (χ3n) is 2.38. The van der Waals surface area contributed by atoms with Gasteiger partial charge in [-0.1, -0.05) is 18.2 Å². The zero-order chi connectivity index (χ0) is 13.0. The largest absolute Gasteiger partial charge is 0.310 e. The van der Waals surface area contributed by atoms with Crippen molar-refractivity contribution in [3.05, 3.63) is 47.9 Å². The molecule has 0 saturated carbocycles. The third-order valence-corrected chi connectivity index (χ3v) is 2.63. The number of rotatable bonds is 4. The van der Waals surface area contributed by atoms with Crippen molar-refractivity contribution in [3.8, 4) is 0 Å². The lowest BCUT2D eigenvalue weighted by atomic mass is 10.2. The highest BCUT2D eigenvalue weighted by atomic mass is 35.5. The van der Waals surface area contributed by atoms with Crippen LogP contribution in [-0.4, -0.2) is 21.6 Å². The van der Waals surface area contributed by atoms with Crippen molar-refractivity contribution in [2.75, 3.05) is 11.2 Å². The summed E-state index contributed by atoms with van der Waals surface area (Å²) in [6.45, 7) is 0.248. The van der Waals surface area contributed by atoms with Crippen LogP contribution in [0.3, 0.4) is 0 Å². The van der Waals surface area contributed by atoms with Crippen molar-refractivity contribution in [3.63, 3.8) is 0 Å². The Labute approximate surface area is 108 Å². The topological polar surface area (TPSA) is 46.9 Å². The van der Waals surface area contributed by atoms with E-state index in [0.29, 0.717) is 11.4 Å². The molecule has 1 aromatic carbocycles. The van der Waals surface area contributed by atoms with E-state index in [-0.39, 0.29) is 24.1 Å². The van der Waals surface area contributed by atoms with Crippen molar-refractivity contribution >= 4 is 23.3 Å². The highest BCUT2D eigenvalue weighted by Crippen LogP contribution is 2.12. The smallest absolute Gasteiger partial charge is 0.240 e. The van der Waals surface area contributed by atoms with Gasteiger partial charge in [-0.05, 0) is 6.07 Å². The summed E-state index contributed by atoms with van der Waals surface area (Å²) in [5.41, 5.74) is 0.502. The zero-order valence-corrected chi connectivity index (χ0v) is 10.2. The first-order chi connectivity index (χ1) is 8.70. The van der Waals surface area contributed by atoms with E-state index in [1.54, 1.807) is 24.3 Å². The van der Waals surface area contributed by atoms with Gasteiger partial charge in [-0.2, -0.15) is 5.10 Å². The third kappa shape index (κ3) is 2.87. The van der Waals surface area contributed by atoms with Crippen LogP contribution in [0.25, 0.3) is 0 Å². The molecule has 6 heteroatoms. The fourth-order valence-electron chi connectivity index (χ4n) is 1.53. The van der Waals surface area contributed by atoms with Crippen LogP contribution in [0, 0.1) is 5.82 Å². The van der Waals surface area contributed by atoms with E-state index in [4.69, 9.17) is 11.6 Å². The molecule has 0 fully saturated rings. The molecule has 1 aromatic heterocycles. The van der Waals surface area contributed by atoms with Crippen LogP contribution in [0.4, 0.5) is 10.2 Å². The first-order valence-corrected chi connectivity index (χ1v) is 5.85. The van der Waals surface area contributed by atoms with E-state index in [9.17, 15) is 9.18 Å². The number of amides is 1. The van der Waals surface area contributed by atoms with Gasteiger partial charge in [-0.15, -0.1) is 11.6 Å². The van der Waals surface area contributed by atoms with Gasteiger partial charge in [0.25, 0.3) is 0 Å². The molecule has 1 heterocycles. The molecule has 0 aliphatic rings. The molecule has 1 amide bonds. The fraction of sp³-hybridized carbons (Fsp3) is 0.167. The maximum absolute atomic E-state index is 13.5. The van der Waals surface area contributed by atoms with Gasteiger partial charge in [0.15, 0.2) is 0 Å². The van der Waals surface area contributed by atoms with Crippen LogP contribution in [0.1, 0.15) is 5.56 Å². The first kappa shape index (κ1) is 12.6. The lowest BCUT2D eigenvalue weighted by molar-refractivity contribution is -0.114. The average Bonchev–Trinajstić information content (AvgIpc) is 2.79. The highest BCUT2D eigenvalue weighted by molar-refractivity contribution is 6.29. The number of halogens is 2. The number of benzene rings is 1. The lowest BCUT2D eigenvalue weighted by Gasteiger charge is -2.08. The number of alkyl halides is 1. The summed E-state index contributed by atoms with van der Waals surface area (Å²) >= 11 is 5.40. The molecule has 0 atom stereocenters. The van der Waals surface area contributed by atoms with Gasteiger partial charge in [-0.25, -0.2) is 9.07 Å². The molecular formula is C12H11ClFN3O. The standard InChI is InChI=1S/C12H11ClFN3O/c13-7-12(18)16-11-5-6-15-17(11)8-9-3-1-2-4-10(9)14/h1-6H,7-8H2,(H,16,18). The molecule has 2 aromatic rings. The van der Waals surface area contributed by atoms with E-state index >= 15 is 0 Å². The summed E-state index contributed by atoms with van der Waals surface area (Å²) in [6, 6.07) is 8.06. The second-order valence-corrected chi connectivity index (χ2v) is 3.91. The molecule has 18 heavy (non-hydrogen) atoms. The number of carbonyl (C=O) groups is 1. The second-order valence-electron chi connectivity index (χ2n) is 3.65. The fourth-order valence-corrected chi connectivity index (χ4v) is 1.60. The maximum Gasteiger partial charge on any atom is 0.240 e. The Balaban J connectivity index is 2.18. The normalized spacial score (nSPS) is 10.3. The summed E-state index contributed by atoms with van der Waals surface area (Å²) < 4.78 is 15.0. The van der Waals surface area contributed by atoms with Gasteiger partial charge >= 0.3 is 0 Å². The maximum atomic E-state index is 13.5. The Bertz CT molecular complexity index is 556. The van der Waals surface area contributed by atoms with Gasteiger partial charge in [-0.3, -0.25) is 4.79 Å². The van der Waals surface area contributed by atoms with E-state index in [1.807, 2.05) is 0 Å². The van der Waals surface area contributed by atoms with Gasteiger partial charge in [0.2, 0.25) is 5.91 Å². The second kappa shape index (κ2) is 5.64. The average molecular weight is 268 g/mol. The highest BCUT2D eigenvalue weighted by Gasteiger charge is 2.08. The van der Waals surface area contributed by atoms with Crippen molar-refractivity contribution in [1.29, 1.82) is 0 Å². The lowest BCUT2D eigenvalue weighted by Crippen LogP contribution is -2.17. The predicted molar refractivity (Wildman–Crippen MR) is 67.1 cm³/mol. The number of nitrogens with one attached hydrogen (secondary N) is 1. The number of anilines is 1. The Morgan fingerprint density at radius 2 is 2.17 bits per heavy atom. The molecule has 0 spiro atoms. The van der Waals surface area contributed by atoms with Crippen LogP contribution in [0.5, 0.6) is 0 Å². The summed E-state index contributed by atoms with van der Waals surface area (Å²) in [7, 11) is 0. The minimum absolute atomic E-state index is 0.134. The molecule has 0 aliphatic carbocycles. The van der Waals surface area contributed by atoms with Crippen molar-refractivity contribution < 1.29 is 9.18 Å². The molecule has 0 unspecified atom stereocenters. The number of nitrogens with zero attached hydrogens (tertiary/aromatic N) is 2. The monoisotopic (exact) mass is 267 g/mol. The van der Waals surface area contributed by atoms with Gasteiger partial charge in [0.1, 0.15) is 17.5 Å². The van der Waals surface area contributed by atoms with Crippen LogP contribution in [0.15, 0.2) is 36.5 Å².